The van der Waals surface area contributed by atoms with E-state index in [1.54, 1.807) is 12.4 Å². The predicted octanol–water partition coefficient (Wildman–Crippen LogP) is 2.05. The van der Waals surface area contributed by atoms with Gasteiger partial charge in [-0.3, -0.25) is 9.78 Å². The molecule has 2 aromatic rings. The average Bonchev–Trinajstić information content (AvgIpc) is 2.52. The van der Waals surface area contributed by atoms with Crippen molar-refractivity contribution in [2.24, 2.45) is 0 Å². The van der Waals surface area contributed by atoms with Gasteiger partial charge in [0, 0.05) is 25.0 Å². The molecule has 20 heavy (non-hydrogen) atoms. The Morgan fingerprint density at radius 3 is 2.70 bits per heavy atom. The standard InChI is InChI=1S/C16H19N3O/c1-13(15-8-5-9-17-11-15)18-12-16(20)19-10-14-6-3-2-4-7-14/h2-9,11,13,18H,10,12H2,1H3,(H,19,20). The van der Waals surface area contributed by atoms with Crippen LogP contribution >= 0.6 is 0 Å². The van der Waals surface area contributed by atoms with E-state index in [2.05, 4.69) is 15.6 Å². The van der Waals surface area contributed by atoms with Gasteiger partial charge in [-0.25, -0.2) is 0 Å². The molecular formula is C16H19N3O. The van der Waals surface area contributed by atoms with Gasteiger partial charge in [0.15, 0.2) is 0 Å². The molecular weight excluding hydrogens is 250 g/mol. The molecule has 0 spiro atoms. The van der Waals surface area contributed by atoms with Gasteiger partial charge in [-0.15, -0.1) is 0 Å². The molecule has 0 saturated heterocycles. The molecule has 1 atom stereocenters. The highest BCUT2D eigenvalue weighted by molar-refractivity contribution is 5.78. The zero-order valence-corrected chi connectivity index (χ0v) is 11.5. The molecule has 1 aromatic carbocycles. The molecule has 104 valence electrons. The van der Waals surface area contributed by atoms with Gasteiger partial charge in [0.25, 0.3) is 0 Å². The van der Waals surface area contributed by atoms with Crippen molar-refractivity contribution in [1.82, 2.24) is 15.6 Å². The van der Waals surface area contributed by atoms with E-state index in [4.69, 9.17) is 0 Å². The van der Waals surface area contributed by atoms with Crippen LogP contribution in [-0.4, -0.2) is 17.4 Å². The first-order chi connectivity index (χ1) is 9.75. The summed E-state index contributed by atoms with van der Waals surface area (Å²) in [4.78, 5) is 15.8. The summed E-state index contributed by atoms with van der Waals surface area (Å²) >= 11 is 0. The van der Waals surface area contributed by atoms with Crippen molar-refractivity contribution in [3.63, 3.8) is 0 Å². The summed E-state index contributed by atoms with van der Waals surface area (Å²) in [6, 6.07) is 13.9. The lowest BCUT2D eigenvalue weighted by Gasteiger charge is -2.13. The number of nitrogens with zero attached hydrogens (tertiary/aromatic N) is 1. The quantitative estimate of drug-likeness (QED) is 0.844. The lowest BCUT2D eigenvalue weighted by atomic mass is 10.1. The first-order valence-electron chi connectivity index (χ1n) is 6.69. The van der Waals surface area contributed by atoms with E-state index >= 15 is 0 Å². The summed E-state index contributed by atoms with van der Waals surface area (Å²) in [6.07, 6.45) is 3.54. The summed E-state index contributed by atoms with van der Waals surface area (Å²) in [5, 5.41) is 6.07. The van der Waals surface area contributed by atoms with Crippen LogP contribution in [0.1, 0.15) is 24.1 Å². The first-order valence-corrected chi connectivity index (χ1v) is 6.69. The smallest absolute Gasteiger partial charge is 0.234 e. The molecule has 1 amide bonds. The van der Waals surface area contributed by atoms with Crippen LogP contribution in [0.15, 0.2) is 54.9 Å². The Morgan fingerprint density at radius 1 is 1.20 bits per heavy atom. The van der Waals surface area contributed by atoms with E-state index in [-0.39, 0.29) is 11.9 Å². The summed E-state index contributed by atoms with van der Waals surface area (Å²) in [7, 11) is 0. The van der Waals surface area contributed by atoms with Gasteiger partial charge in [0.05, 0.1) is 6.54 Å². The minimum absolute atomic E-state index is 0.00964. The second-order valence-electron chi connectivity index (χ2n) is 4.65. The molecule has 0 bridgehead atoms. The van der Waals surface area contributed by atoms with Crippen molar-refractivity contribution in [2.45, 2.75) is 19.5 Å². The van der Waals surface area contributed by atoms with E-state index in [9.17, 15) is 4.79 Å². The van der Waals surface area contributed by atoms with E-state index in [0.717, 1.165) is 11.1 Å². The molecule has 0 radical (unpaired) electrons. The summed E-state index contributed by atoms with van der Waals surface area (Å²) in [5.74, 6) is -0.00964. The van der Waals surface area contributed by atoms with Gasteiger partial charge in [-0.1, -0.05) is 36.4 Å². The molecule has 1 heterocycles. The molecule has 0 aliphatic heterocycles. The first kappa shape index (κ1) is 14.2. The molecule has 1 aromatic heterocycles. The number of rotatable bonds is 6. The van der Waals surface area contributed by atoms with Gasteiger partial charge >= 0.3 is 0 Å². The lowest BCUT2D eigenvalue weighted by molar-refractivity contribution is -0.120. The summed E-state index contributed by atoms with van der Waals surface area (Å²) in [6.45, 7) is 2.87. The number of nitrogens with one attached hydrogen (secondary N) is 2. The fourth-order valence-corrected chi connectivity index (χ4v) is 1.85. The minimum Gasteiger partial charge on any atom is -0.351 e. The summed E-state index contributed by atoms with van der Waals surface area (Å²) < 4.78 is 0. The maximum Gasteiger partial charge on any atom is 0.234 e. The Balaban J connectivity index is 1.73. The molecule has 0 saturated carbocycles. The zero-order valence-electron chi connectivity index (χ0n) is 11.5. The van der Waals surface area contributed by atoms with Crippen LogP contribution in [0.3, 0.4) is 0 Å². The summed E-state index contributed by atoms with van der Waals surface area (Å²) in [5.41, 5.74) is 2.17. The molecule has 1 unspecified atom stereocenters. The molecule has 0 aliphatic carbocycles. The minimum atomic E-state index is -0.00964. The number of pyridine rings is 1. The second-order valence-corrected chi connectivity index (χ2v) is 4.65. The highest BCUT2D eigenvalue weighted by atomic mass is 16.1. The van der Waals surface area contributed by atoms with Gasteiger partial charge in [0.2, 0.25) is 5.91 Å². The Kier molecular flexibility index (Phi) is 5.26. The molecule has 2 N–H and O–H groups in total. The van der Waals surface area contributed by atoms with Crippen molar-refractivity contribution < 1.29 is 4.79 Å². The van der Waals surface area contributed by atoms with E-state index in [0.29, 0.717) is 13.1 Å². The van der Waals surface area contributed by atoms with E-state index in [1.165, 1.54) is 0 Å². The number of hydrogen-bond donors (Lipinski definition) is 2. The SMILES string of the molecule is CC(NCC(=O)NCc1ccccc1)c1cccnc1. The van der Waals surface area contributed by atoms with Crippen molar-refractivity contribution in [3.8, 4) is 0 Å². The Morgan fingerprint density at radius 2 is 2.00 bits per heavy atom. The second kappa shape index (κ2) is 7.40. The van der Waals surface area contributed by atoms with E-state index < -0.39 is 0 Å². The Labute approximate surface area is 119 Å². The molecule has 2 rings (SSSR count). The van der Waals surface area contributed by atoms with Crippen LogP contribution in [0.2, 0.25) is 0 Å². The molecule has 0 fully saturated rings. The van der Waals surface area contributed by atoms with Gasteiger partial charge in [0.1, 0.15) is 0 Å². The maximum atomic E-state index is 11.8. The maximum absolute atomic E-state index is 11.8. The zero-order chi connectivity index (χ0) is 14.2. The predicted molar refractivity (Wildman–Crippen MR) is 78.9 cm³/mol. The van der Waals surface area contributed by atoms with Crippen molar-refractivity contribution >= 4 is 5.91 Å². The van der Waals surface area contributed by atoms with E-state index in [1.807, 2.05) is 49.4 Å². The monoisotopic (exact) mass is 269 g/mol. The highest BCUT2D eigenvalue weighted by Gasteiger charge is 2.07. The normalized spacial score (nSPS) is 11.8. The Bertz CT molecular complexity index is 528. The Hall–Kier alpha value is -2.20. The average molecular weight is 269 g/mol. The largest absolute Gasteiger partial charge is 0.351 e. The lowest BCUT2D eigenvalue weighted by Crippen LogP contribution is -2.34. The van der Waals surface area contributed by atoms with Crippen LogP contribution in [0.25, 0.3) is 0 Å². The van der Waals surface area contributed by atoms with Crippen LogP contribution in [0.5, 0.6) is 0 Å². The number of aromatic nitrogens is 1. The van der Waals surface area contributed by atoms with Gasteiger partial charge < -0.3 is 10.6 Å². The van der Waals surface area contributed by atoms with Crippen molar-refractivity contribution in [2.75, 3.05) is 6.54 Å². The van der Waals surface area contributed by atoms with Gasteiger partial charge in [-0.05, 0) is 24.1 Å². The van der Waals surface area contributed by atoms with Crippen molar-refractivity contribution in [1.29, 1.82) is 0 Å². The third-order valence-electron chi connectivity index (χ3n) is 3.09. The number of carbonyl (C=O) groups excluding carboxylic acids is 1. The number of hydrogen-bond acceptors (Lipinski definition) is 3. The fraction of sp³-hybridized carbons (Fsp3) is 0.250. The number of benzene rings is 1. The van der Waals surface area contributed by atoms with Crippen molar-refractivity contribution in [3.05, 3.63) is 66.0 Å². The molecule has 4 nitrogen and oxygen atoms in total. The number of amides is 1. The topological polar surface area (TPSA) is 54.0 Å². The third-order valence-corrected chi connectivity index (χ3v) is 3.09. The number of carbonyl (C=O) groups is 1. The molecule has 4 heteroatoms. The van der Waals surface area contributed by atoms with Crippen LogP contribution in [-0.2, 0) is 11.3 Å². The highest BCUT2D eigenvalue weighted by Crippen LogP contribution is 2.08. The van der Waals surface area contributed by atoms with Crippen LogP contribution < -0.4 is 10.6 Å². The third kappa shape index (κ3) is 4.48. The fourth-order valence-electron chi connectivity index (χ4n) is 1.85. The molecule has 0 aliphatic rings. The van der Waals surface area contributed by atoms with Crippen LogP contribution in [0, 0.1) is 0 Å². The van der Waals surface area contributed by atoms with Gasteiger partial charge in [-0.2, -0.15) is 0 Å². The van der Waals surface area contributed by atoms with Crippen LogP contribution in [0.4, 0.5) is 0 Å².